The van der Waals surface area contributed by atoms with Crippen molar-refractivity contribution in [3.05, 3.63) is 28.5 Å². The smallest absolute Gasteiger partial charge is 0.235 e. The summed E-state index contributed by atoms with van der Waals surface area (Å²) in [6, 6.07) is 5.36. The van der Waals surface area contributed by atoms with E-state index in [4.69, 9.17) is 4.74 Å². The Balaban J connectivity index is 1.80. The number of fused-ring (bicyclic) bond motifs is 1. The highest BCUT2D eigenvalue weighted by molar-refractivity contribution is 9.10. The Bertz CT molecular complexity index is 810. The Morgan fingerprint density at radius 3 is 3.05 bits per heavy atom. The Kier molecular flexibility index (Phi) is 3.16. The van der Waals surface area contributed by atoms with E-state index in [0.29, 0.717) is 15.5 Å². The highest BCUT2D eigenvalue weighted by Crippen LogP contribution is 2.35. The zero-order chi connectivity index (χ0) is 14.4. The minimum Gasteiger partial charge on any atom is -0.507 e. The second-order valence-electron chi connectivity index (χ2n) is 4.82. The van der Waals surface area contributed by atoms with Crippen molar-refractivity contribution in [3.63, 3.8) is 0 Å². The van der Waals surface area contributed by atoms with Crippen molar-refractivity contribution in [2.24, 2.45) is 0 Å². The molecular formula is C13H11BrN4O2S. The molecule has 1 aromatic carbocycles. The molecule has 6 nitrogen and oxygen atoms in total. The van der Waals surface area contributed by atoms with Crippen LogP contribution in [0.1, 0.15) is 24.8 Å². The molecule has 0 spiro atoms. The van der Waals surface area contributed by atoms with Crippen LogP contribution in [0.5, 0.6) is 5.75 Å². The summed E-state index contributed by atoms with van der Waals surface area (Å²) in [6.45, 7) is 0.754. The lowest BCUT2D eigenvalue weighted by molar-refractivity contribution is 0.103. The highest BCUT2D eigenvalue weighted by atomic mass is 79.9. The maximum Gasteiger partial charge on any atom is 0.235 e. The highest BCUT2D eigenvalue weighted by Gasteiger charge is 2.25. The van der Waals surface area contributed by atoms with Crippen LogP contribution in [0.2, 0.25) is 0 Å². The van der Waals surface area contributed by atoms with Gasteiger partial charge < -0.3 is 9.84 Å². The minimum atomic E-state index is -0.0338. The quantitative estimate of drug-likeness (QED) is 0.753. The number of rotatable bonds is 2. The van der Waals surface area contributed by atoms with E-state index in [1.165, 1.54) is 11.3 Å². The average Bonchev–Trinajstić information content (AvgIpc) is 3.13. The van der Waals surface area contributed by atoms with Crippen molar-refractivity contribution in [3.8, 4) is 16.3 Å². The van der Waals surface area contributed by atoms with Gasteiger partial charge in [0.15, 0.2) is 10.8 Å². The third-order valence-corrected chi connectivity index (χ3v) is 4.85. The topological polar surface area (TPSA) is 72.5 Å². The first-order valence-corrected chi connectivity index (χ1v) is 8.16. The van der Waals surface area contributed by atoms with E-state index in [1.54, 1.807) is 10.6 Å². The van der Waals surface area contributed by atoms with E-state index in [-0.39, 0.29) is 11.9 Å². The van der Waals surface area contributed by atoms with Gasteiger partial charge in [-0.2, -0.15) is 9.61 Å². The Labute approximate surface area is 132 Å². The van der Waals surface area contributed by atoms with E-state index in [9.17, 15) is 5.11 Å². The van der Waals surface area contributed by atoms with Gasteiger partial charge in [0.05, 0.1) is 5.56 Å². The molecule has 1 atom stereocenters. The summed E-state index contributed by atoms with van der Waals surface area (Å²) in [7, 11) is 0. The van der Waals surface area contributed by atoms with Crippen LogP contribution >= 0.6 is 27.3 Å². The molecule has 4 rings (SSSR count). The molecule has 1 fully saturated rings. The van der Waals surface area contributed by atoms with Crippen molar-refractivity contribution in [2.75, 3.05) is 6.61 Å². The van der Waals surface area contributed by atoms with E-state index in [0.717, 1.165) is 29.7 Å². The summed E-state index contributed by atoms with van der Waals surface area (Å²) < 4.78 is 8.19. The summed E-state index contributed by atoms with van der Waals surface area (Å²) in [5.41, 5.74) is 0.687. The fourth-order valence-electron chi connectivity index (χ4n) is 2.41. The van der Waals surface area contributed by atoms with E-state index in [2.05, 4.69) is 31.2 Å². The van der Waals surface area contributed by atoms with Crippen LogP contribution in [-0.2, 0) is 4.74 Å². The van der Waals surface area contributed by atoms with Crippen molar-refractivity contribution in [2.45, 2.75) is 18.9 Å². The largest absolute Gasteiger partial charge is 0.507 e. The molecule has 0 aliphatic carbocycles. The summed E-state index contributed by atoms with van der Waals surface area (Å²) in [5.74, 6) is 0.926. The predicted octanol–water partition coefficient (Wildman–Crippen LogP) is 3.17. The molecule has 0 saturated carbocycles. The van der Waals surface area contributed by atoms with Crippen LogP contribution in [0, 0.1) is 0 Å². The molecule has 108 valence electrons. The monoisotopic (exact) mass is 366 g/mol. The third-order valence-electron chi connectivity index (χ3n) is 3.42. The summed E-state index contributed by atoms with van der Waals surface area (Å²) in [5, 5.41) is 23.6. The number of benzene rings is 1. The van der Waals surface area contributed by atoms with Crippen LogP contribution in [-0.4, -0.2) is 31.5 Å². The molecule has 1 aliphatic heterocycles. The van der Waals surface area contributed by atoms with Crippen LogP contribution < -0.4 is 0 Å². The van der Waals surface area contributed by atoms with E-state index >= 15 is 0 Å². The molecule has 2 aromatic heterocycles. The van der Waals surface area contributed by atoms with Crippen LogP contribution in [0.15, 0.2) is 22.7 Å². The number of phenolic OH excluding ortho intramolecular Hbond substituents is 1. The first-order valence-electron chi connectivity index (χ1n) is 6.55. The third kappa shape index (κ3) is 2.23. The molecule has 1 unspecified atom stereocenters. The first-order chi connectivity index (χ1) is 10.2. The number of nitrogens with zero attached hydrogens (tertiary/aromatic N) is 4. The molecule has 0 radical (unpaired) electrons. The molecule has 0 amide bonds. The molecule has 1 aliphatic rings. The number of aromatic hydroxyl groups is 1. The molecule has 3 aromatic rings. The lowest BCUT2D eigenvalue weighted by Crippen LogP contribution is -2.03. The van der Waals surface area contributed by atoms with Gasteiger partial charge in [0.25, 0.3) is 0 Å². The molecule has 0 bridgehead atoms. The van der Waals surface area contributed by atoms with Crippen molar-refractivity contribution in [1.82, 2.24) is 19.8 Å². The van der Waals surface area contributed by atoms with Crippen LogP contribution in [0.3, 0.4) is 0 Å². The average molecular weight is 367 g/mol. The number of halogens is 1. The Hall–Kier alpha value is -1.51. The molecule has 1 saturated heterocycles. The van der Waals surface area contributed by atoms with Gasteiger partial charge in [0.2, 0.25) is 4.96 Å². The molecule has 3 heterocycles. The second kappa shape index (κ2) is 5.04. The standard InChI is InChI=1S/C13H11BrN4O2S/c14-7-3-4-8(9(19)6-7)12-17-18-11(10-2-1-5-20-10)15-16-13(18)21-12/h3-4,6,10,19H,1-2,5H2. The maximum atomic E-state index is 10.1. The first kappa shape index (κ1) is 13.2. The fraction of sp³-hybridized carbons (Fsp3) is 0.308. The minimum absolute atomic E-state index is 0.0338. The van der Waals surface area contributed by atoms with Gasteiger partial charge in [-0.25, -0.2) is 0 Å². The maximum absolute atomic E-state index is 10.1. The number of hydrogen-bond acceptors (Lipinski definition) is 6. The van der Waals surface area contributed by atoms with Gasteiger partial charge in [-0.1, -0.05) is 27.3 Å². The Morgan fingerprint density at radius 2 is 2.29 bits per heavy atom. The second-order valence-corrected chi connectivity index (χ2v) is 6.69. The van der Waals surface area contributed by atoms with Gasteiger partial charge in [-0.15, -0.1) is 10.2 Å². The molecule has 21 heavy (non-hydrogen) atoms. The molecule has 8 heteroatoms. The summed E-state index contributed by atoms with van der Waals surface area (Å²) in [4.78, 5) is 0.706. The molecular weight excluding hydrogens is 356 g/mol. The lowest BCUT2D eigenvalue weighted by atomic mass is 10.2. The Morgan fingerprint density at radius 1 is 1.38 bits per heavy atom. The number of hydrogen-bond donors (Lipinski definition) is 1. The van der Waals surface area contributed by atoms with Crippen molar-refractivity contribution >= 4 is 32.2 Å². The van der Waals surface area contributed by atoms with Crippen LogP contribution in [0.25, 0.3) is 15.5 Å². The van der Waals surface area contributed by atoms with Gasteiger partial charge in [0, 0.05) is 11.1 Å². The predicted molar refractivity (Wildman–Crippen MR) is 81.4 cm³/mol. The summed E-state index contributed by atoms with van der Waals surface area (Å²) >= 11 is 4.73. The van der Waals surface area contributed by atoms with E-state index < -0.39 is 0 Å². The lowest BCUT2D eigenvalue weighted by Gasteiger charge is -2.04. The van der Waals surface area contributed by atoms with Gasteiger partial charge >= 0.3 is 0 Å². The summed E-state index contributed by atoms with van der Waals surface area (Å²) in [6.07, 6.45) is 1.94. The SMILES string of the molecule is Oc1cc(Br)ccc1-c1nn2c(C3CCCO3)nnc2s1. The van der Waals surface area contributed by atoms with Crippen LogP contribution in [0.4, 0.5) is 0 Å². The zero-order valence-corrected chi connectivity index (χ0v) is 13.3. The van der Waals surface area contributed by atoms with Gasteiger partial charge in [0.1, 0.15) is 11.9 Å². The number of aromatic nitrogens is 4. The molecule has 1 N–H and O–H groups in total. The van der Waals surface area contributed by atoms with Gasteiger partial charge in [-0.05, 0) is 31.0 Å². The normalized spacial score (nSPS) is 18.6. The zero-order valence-electron chi connectivity index (χ0n) is 10.9. The van der Waals surface area contributed by atoms with Crippen molar-refractivity contribution in [1.29, 1.82) is 0 Å². The van der Waals surface area contributed by atoms with Gasteiger partial charge in [-0.3, -0.25) is 0 Å². The van der Waals surface area contributed by atoms with Crippen molar-refractivity contribution < 1.29 is 9.84 Å². The number of ether oxygens (including phenoxy) is 1. The number of phenols is 1. The fourth-order valence-corrected chi connectivity index (χ4v) is 3.64. The van der Waals surface area contributed by atoms with E-state index in [1.807, 2.05) is 12.1 Å².